The Morgan fingerprint density at radius 3 is 2.47 bits per heavy atom. The average Bonchev–Trinajstić information content (AvgIpc) is 3.54. The monoisotopic (exact) mass is 790 g/mol. The fourth-order valence-corrected chi connectivity index (χ4v) is 7.33. The number of pyridine rings is 1. The summed E-state index contributed by atoms with van der Waals surface area (Å²) < 4.78 is 134. The molecule has 1 amide bonds. The number of halogens is 7. The Hall–Kier alpha value is -5.48. The second kappa shape index (κ2) is 13.1. The first-order chi connectivity index (χ1) is 25.6. The molecule has 288 valence electrons. The number of para-hydroxylation sites is 1. The lowest BCUT2D eigenvalue weighted by atomic mass is 9.94. The van der Waals surface area contributed by atoms with Crippen LogP contribution >= 0.6 is 0 Å². The van der Waals surface area contributed by atoms with Gasteiger partial charge in [-0.05, 0) is 74.4 Å². The van der Waals surface area contributed by atoms with Crippen molar-refractivity contribution in [2.45, 2.75) is 62.9 Å². The van der Waals surface area contributed by atoms with Crippen LogP contribution in [-0.2, 0) is 39.9 Å². The van der Waals surface area contributed by atoms with Crippen LogP contribution in [0.15, 0.2) is 53.1 Å². The summed E-state index contributed by atoms with van der Waals surface area (Å²) in [6, 6.07) is 8.69. The van der Waals surface area contributed by atoms with Gasteiger partial charge in [0.1, 0.15) is 35.2 Å². The molecular formula is C36H29F7N6O5S. The summed E-state index contributed by atoms with van der Waals surface area (Å²) >= 11 is 0. The van der Waals surface area contributed by atoms with E-state index in [0.717, 1.165) is 18.4 Å². The van der Waals surface area contributed by atoms with Crippen LogP contribution in [0.5, 0.6) is 0 Å². The van der Waals surface area contributed by atoms with Crippen LogP contribution < -0.4 is 10.0 Å². The molecule has 1 saturated carbocycles. The van der Waals surface area contributed by atoms with E-state index < -0.39 is 93.1 Å². The van der Waals surface area contributed by atoms with E-state index in [1.54, 1.807) is 6.07 Å². The van der Waals surface area contributed by atoms with Crippen molar-refractivity contribution in [3.63, 3.8) is 0 Å². The highest BCUT2D eigenvalue weighted by atomic mass is 32.2. The quantitative estimate of drug-likeness (QED) is 0.118. The Balaban J connectivity index is 1.36. The van der Waals surface area contributed by atoms with Crippen LogP contribution in [-0.4, -0.2) is 51.2 Å². The lowest BCUT2D eigenvalue weighted by Gasteiger charge is -2.23. The van der Waals surface area contributed by atoms with Crippen LogP contribution in [0, 0.1) is 29.4 Å². The molecule has 3 aromatic heterocycles. The number of nitrogens with zero attached hydrogens (tertiary/aromatic N) is 4. The summed E-state index contributed by atoms with van der Waals surface area (Å²) in [7, 11) is -3.81. The molecule has 3 heterocycles. The summed E-state index contributed by atoms with van der Waals surface area (Å²) in [5, 5.41) is 20.3. The van der Waals surface area contributed by atoms with Gasteiger partial charge in [-0.1, -0.05) is 23.2 Å². The molecule has 0 saturated heterocycles. The zero-order chi connectivity index (χ0) is 39.8. The number of benzene rings is 2. The lowest BCUT2D eigenvalue weighted by molar-refractivity contribution is -0.142. The minimum Gasteiger partial charge on any atom is -0.378 e. The summed E-state index contributed by atoms with van der Waals surface area (Å²) in [6.07, 6.45) is -4.73. The number of alkyl halides is 5. The number of rotatable bonds is 9. The number of amides is 1. The van der Waals surface area contributed by atoms with Crippen molar-refractivity contribution in [3.05, 3.63) is 94.1 Å². The molecule has 5 aromatic rings. The molecule has 1 unspecified atom stereocenters. The zero-order valence-electron chi connectivity index (χ0n) is 28.9. The van der Waals surface area contributed by atoms with Gasteiger partial charge in [0, 0.05) is 28.7 Å². The van der Waals surface area contributed by atoms with Gasteiger partial charge in [-0.25, -0.2) is 22.2 Å². The van der Waals surface area contributed by atoms with E-state index in [9.17, 15) is 40.3 Å². The van der Waals surface area contributed by atoms with E-state index in [1.165, 1.54) is 38.1 Å². The maximum absolute atomic E-state index is 15.3. The fraction of sp³-hybridized carbons (Fsp3) is 0.333. The molecule has 3 atom stereocenters. The highest BCUT2D eigenvalue weighted by Gasteiger charge is 2.68. The molecule has 19 heteroatoms. The van der Waals surface area contributed by atoms with E-state index in [0.29, 0.717) is 10.7 Å². The van der Waals surface area contributed by atoms with Crippen molar-refractivity contribution in [1.82, 2.24) is 25.2 Å². The normalized spacial score (nSPS) is 17.9. The Morgan fingerprint density at radius 1 is 1.11 bits per heavy atom. The van der Waals surface area contributed by atoms with Gasteiger partial charge in [0.05, 0.1) is 23.4 Å². The van der Waals surface area contributed by atoms with Crippen molar-refractivity contribution in [3.8, 4) is 23.0 Å². The van der Waals surface area contributed by atoms with Crippen molar-refractivity contribution in [2.24, 2.45) is 5.92 Å². The smallest absolute Gasteiger partial charge is 0.378 e. The molecule has 0 radical (unpaired) electrons. The van der Waals surface area contributed by atoms with E-state index in [-0.39, 0.29) is 51.3 Å². The maximum atomic E-state index is 15.3. The number of hydrogen-bond donors (Lipinski definition) is 3. The van der Waals surface area contributed by atoms with Crippen molar-refractivity contribution >= 4 is 32.7 Å². The molecule has 0 aliphatic heterocycles. The van der Waals surface area contributed by atoms with E-state index in [1.807, 2.05) is 0 Å². The van der Waals surface area contributed by atoms with Gasteiger partial charge in [-0.2, -0.15) is 27.1 Å². The third-order valence-corrected chi connectivity index (χ3v) is 9.58. The molecule has 2 aliphatic carbocycles. The molecule has 3 N–H and O–H groups in total. The number of aliphatic hydroxyl groups is 1. The second-order valence-corrected chi connectivity index (χ2v) is 15.7. The number of sulfonamides is 1. The first-order valence-electron chi connectivity index (χ1n) is 16.5. The third kappa shape index (κ3) is 7.60. The molecule has 11 nitrogen and oxygen atoms in total. The van der Waals surface area contributed by atoms with Crippen LogP contribution in [0.25, 0.3) is 22.1 Å². The van der Waals surface area contributed by atoms with Gasteiger partial charge in [-0.15, -0.1) is 0 Å². The molecule has 2 aliphatic rings. The number of carbonyl (C=O) groups excluding carboxylic acids is 1. The number of fused-ring (bicyclic) bond motifs is 4. The standard InChI is InChI=1S/C36H29F7N6O5S/c1-34(2,51)10-9-20-7-8-21(22-5-4-6-23-30(22)54-47-33(23)48-55(3,52)53)29(44-20)26(13-17-11-18(37)14-19(38)12-17)45-27(50)16-49-32-28(31(46-49)36(41,42)43)24-15-25(24)35(32,39)40/h4-8,11-12,14,24-26,51H,13,15-16H2,1-3H3,(H,45,50)(H,47,48)/t24?,25-,26+/m1/s1. The van der Waals surface area contributed by atoms with Crippen LogP contribution in [0.1, 0.15) is 66.1 Å². The first-order valence-corrected chi connectivity index (χ1v) is 18.4. The number of nitrogens with one attached hydrogen (secondary N) is 2. The minimum atomic E-state index is -5.08. The molecule has 0 bridgehead atoms. The van der Waals surface area contributed by atoms with E-state index >= 15 is 8.78 Å². The summed E-state index contributed by atoms with van der Waals surface area (Å²) in [5.74, 6) is -3.98. The topological polar surface area (TPSA) is 152 Å². The van der Waals surface area contributed by atoms with E-state index in [2.05, 4.69) is 37.1 Å². The highest BCUT2D eigenvalue weighted by Crippen LogP contribution is 2.68. The summed E-state index contributed by atoms with van der Waals surface area (Å²) in [4.78, 5) is 18.4. The fourth-order valence-electron chi connectivity index (χ4n) is 6.83. The Morgan fingerprint density at radius 2 is 1.82 bits per heavy atom. The summed E-state index contributed by atoms with van der Waals surface area (Å²) in [6.45, 7) is 1.73. The molecule has 1 fully saturated rings. The molecule has 55 heavy (non-hydrogen) atoms. The van der Waals surface area contributed by atoms with Gasteiger partial charge in [-0.3, -0.25) is 14.2 Å². The zero-order valence-corrected chi connectivity index (χ0v) is 29.7. The van der Waals surface area contributed by atoms with E-state index in [4.69, 9.17) is 4.52 Å². The van der Waals surface area contributed by atoms with Crippen molar-refractivity contribution in [2.75, 3.05) is 11.0 Å². The number of carbonyl (C=O) groups is 1. The van der Waals surface area contributed by atoms with Gasteiger partial charge >= 0.3 is 6.18 Å². The first kappa shape index (κ1) is 37.8. The van der Waals surface area contributed by atoms with Gasteiger partial charge < -0.3 is 14.9 Å². The number of aromatic nitrogens is 4. The molecule has 7 rings (SSSR count). The predicted octanol–water partition coefficient (Wildman–Crippen LogP) is 6.19. The Bertz CT molecular complexity index is 2530. The van der Waals surface area contributed by atoms with Gasteiger partial charge in [0.15, 0.2) is 17.1 Å². The molecular weight excluding hydrogens is 761 g/mol. The molecule has 2 aromatic carbocycles. The average molecular weight is 791 g/mol. The van der Waals surface area contributed by atoms with Crippen LogP contribution in [0.4, 0.5) is 36.6 Å². The Kier molecular flexibility index (Phi) is 9.00. The third-order valence-electron chi connectivity index (χ3n) is 9.01. The number of hydrogen-bond acceptors (Lipinski definition) is 8. The largest absolute Gasteiger partial charge is 0.435 e. The minimum absolute atomic E-state index is 0.00741. The van der Waals surface area contributed by atoms with Gasteiger partial charge in [0.25, 0.3) is 5.92 Å². The molecule has 0 spiro atoms. The Labute approximate surface area is 308 Å². The SMILES string of the molecule is CC(C)(O)C#Cc1ccc(-c2cccc3c(NS(C)(=O)=O)noc23)c([C@H](Cc2cc(F)cc(F)c2)NC(=O)Cn2nc(C(F)(F)F)c3c2C(F)(F)[C@@H]2CC32)n1. The van der Waals surface area contributed by atoms with Gasteiger partial charge in [0.2, 0.25) is 15.9 Å². The second-order valence-electron chi connectivity index (χ2n) is 14.0. The van der Waals surface area contributed by atoms with Crippen LogP contribution in [0.2, 0.25) is 0 Å². The predicted molar refractivity (Wildman–Crippen MR) is 182 cm³/mol. The lowest BCUT2D eigenvalue weighted by Crippen LogP contribution is -2.35. The highest BCUT2D eigenvalue weighted by molar-refractivity contribution is 7.92. The number of anilines is 1. The van der Waals surface area contributed by atoms with Crippen molar-refractivity contribution < 1.29 is 53.6 Å². The summed E-state index contributed by atoms with van der Waals surface area (Å²) in [5.41, 5.74) is -4.18. The van der Waals surface area contributed by atoms with Crippen LogP contribution in [0.3, 0.4) is 0 Å². The van der Waals surface area contributed by atoms with Crippen molar-refractivity contribution in [1.29, 1.82) is 0 Å². The maximum Gasteiger partial charge on any atom is 0.435 e.